The second-order valence-corrected chi connectivity index (χ2v) is 10.4. The topological polar surface area (TPSA) is 109 Å². The number of nitrogens with one attached hydrogen (secondary N) is 2. The van der Waals surface area contributed by atoms with Crippen molar-refractivity contribution in [2.45, 2.75) is 45.7 Å². The molecule has 10 heteroatoms. The standard InChI is InChI=1S/C27H25ClFN7O/c1-27(2,3)26(37)33-23-16(12-30)13-31-25-20(23)10-18(11-21(25)28)32-24(15-4-6-17(29)7-5-15)22-14-36(35-34-22)19-8-9-19/h4-7,10-11,13-14,19,24,32H,8-9H2,1-3H3,(H,31,33,37)/i24D. The molecule has 1 saturated carbocycles. The molecule has 1 amide bonds. The maximum atomic E-state index is 13.8. The lowest BCUT2D eigenvalue weighted by molar-refractivity contribution is -0.123. The highest BCUT2D eigenvalue weighted by atomic mass is 35.5. The molecule has 2 aromatic heterocycles. The van der Waals surface area contributed by atoms with Crippen molar-refractivity contribution in [3.05, 3.63) is 76.5 Å². The fourth-order valence-corrected chi connectivity index (χ4v) is 4.07. The Bertz CT molecular complexity index is 1590. The number of benzene rings is 2. The summed E-state index contributed by atoms with van der Waals surface area (Å²) in [5.74, 6) is -0.713. The average Bonchev–Trinajstić information content (AvgIpc) is 3.59. The summed E-state index contributed by atoms with van der Waals surface area (Å²) in [5.41, 5.74) is 1.28. The molecule has 2 aromatic carbocycles. The summed E-state index contributed by atoms with van der Waals surface area (Å²) in [6.07, 6.45) is 5.07. The van der Waals surface area contributed by atoms with E-state index in [0.717, 1.165) is 12.8 Å². The third kappa shape index (κ3) is 5.11. The maximum Gasteiger partial charge on any atom is 0.229 e. The molecule has 0 spiro atoms. The number of pyridine rings is 1. The second kappa shape index (κ2) is 9.45. The van der Waals surface area contributed by atoms with Gasteiger partial charge < -0.3 is 10.6 Å². The van der Waals surface area contributed by atoms with Crippen molar-refractivity contribution >= 4 is 39.8 Å². The molecule has 1 aliphatic rings. The minimum absolute atomic E-state index is 0.173. The molecule has 1 unspecified atom stereocenters. The third-order valence-electron chi connectivity index (χ3n) is 6.05. The first-order chi connectivity index (χ1) is 18.0. The van der Waals surface area contributed by atoms with Crippen LogP contribution >= 0.6 is 11.6 Å². The van der Waals surface area contributed by atoms with Crippen LogP contribution in [0.2, 0.25) is 5.02 Å². The number of hydrogen-bond donors (Lipinski definition) is 2. The molecule has 0 radical (unpaired) electrons. The van der Waals surface area contributed by atoms with Crippen LogP contribution in [-0.4, -0.2) is 25.9 Å². The molecule has 0 bridgehead atoms. The number of amides is 1. The fourth-order valence-electron chi connectivity index (χ4n) is 3.81. The van der Waals surface area contributed by atoms with Crippen molar-refractivity contribution in [1.82, 2.24) is 20.0 Å². The van der Waals surface area contributed by atoms with Gasteiger partial charge in [0.2, 0.25) is 5.91 Å². The summed E-state index contributed by atoms with van der Waals surface area (Å²) in [6, 6.07) is 9.54. The Hall–Kier alpha value is -4.03. The normalized spacial score (nSPS) is 15.5. The molecule has 1 atom stereocenters. The monoisotopic (exact) mass is 518 g/mol. The Morgan fingerprint density at radius 2 is 2.03 bits per heavy atom. The first kappa shape index (κ1) is 23.4. The zero-order valence-corrected chi connectivity index (χ0v) is 21.3. The summed E-state index contributed by atoms with van der Waals surface area (Å²) in [4.78, 5) is 17.2. The number of hydrogen-bond acceptors (Lipinski definition) is 6. The van der Waals surface area contributed by atoms with E-state index >= 15 is 0 Å². The van der Waals surface area contributed by atoms with Crippen LogP contribution in [0.25, 0.3) is 10.9 Å². The smallest absolute Gasteiger partial charge is 0.229 e. The highest BCUT2D eigenvalue weighted by Gasteiger charge is 2.28. The van der Waals surface area contributed by atoms with Crippen LogP contribution in [0.1, 0.15) is 63.9 Å². The molecular formula is C27H25ClFN7O. The molecule has 2 N–H and O–H groups in total. The van der Waals surface area contributed by atoms with Gasteiger partial charge in [-0.15, -0.1) is 5.10 Å². The van der Waals surface area contributed by atoms with Crippen LogP contribution in [0.5, 0.6) is 0 Å². The number of carbonyl (C=O) groups is 1. The van der Waals surface area contributed by atoms with Crippen molar-refractivity contribution in [3.63, 3.8) is 0 Å². The van der Waals surface area contributed by atoms with Crippen molar-refractivity contribution in [2.24, 2.45) is 5.41 Å². The Morgan fingerprint density at radius 1 is 1.30 bits per heavy atom. The van der Waals surface area contributed by atoms with Crippen molar-refractivity contribution in [2.75, 3.05) is 10.6 Å². The molecule has 5 rings (SSSR count). The molecule has 8 nitrogen and oxygen atoms in total. The van der Waals surface area contributed by atoms with E-state index in [-0.39, 0.29) is 28.2 Å². The van der Waals surface area contributed by atoms with Crippen LogP contribution in [0.4, 0.5) is 15.8 Å². The lowest BCUT2D eigenvalue weighted by Gasteiger charge is -2.21. The van der Waals surface area contributed by atoms with Gasteiger partial charge in [0.05, 0.1) is 41.4 Å². The van der Waals surface area contributed by atoms with Crippen LogP contribution < -0.4 is 10.6 Å². The Morgan fingerprint density at radius 3 is 2.68 bits per heavy atom. The second-order valence-electron chi connectivity index (χ2n) is 10.0. The predicted molar refractivity (Wildman–Crippen MR) is 140 cm³/mol. The van der Waals surface area contributed by atoms with E-state index in [2.05, 4.69) is 32.0 Å². The van der Waals surface area contributed by atoms with Gasteiger partial charge >= 0.3 is 0 Å². The number of rotatable bonds is 6. The van der Waals surface area contributed by atoms with Gasteiger partial charge in [0.1, 0.15) is 17.6 Å². The fraction of sp³-hybridized carbons (Fsp3) is 0.296. The van der Waals surface area contributed by atoms with Gasteiger partial charge in [0, 0.05) is 22.7 Å². The van der Waals surface area contributed by atoms with Crippen LogP contribution in [0, 0.1) is 22.6 Å². The van der Waals surface area contributed by atoms with Crippen molar-refractivity contribution < 1.29 is 10.6 Å². The van der Waals surface area contributed by atoms with Gasteiger partial charge in [-0.2, -0.15) is 5.26 Å². The van der Waals surface area contributed by atoms with Gasteiger partial charge in [-0.25, -0.2) is 9.07 Å². The number of anilines is 2. The van der Waals surface area contributed by atoms with Crippen LogP contribution in [-0.2, 0) is 4.79 Å². The molecule has 1 aliphatic carbocycles. The molecular weight excluding hydrogens is 493 g/mol. The third-order valence-corrected chi connectivity index (χ3v) is 6.34. The summed E-state index contributed by atoms with van der Waals surface area (Å²) >= 11 is 6.61. The number of aromatic nitrogens is 4. The largest absolute Gasteiger partial charge is 0.373 e. The molecule has 0 saturated heterocycles. The first-order valence-electron chi connectivity index (χ1n) is 12.3. The van der Waals surface area contributed by atoms with E-state index in [1.54, 1.807) is 43.8 Å². The molecule has 4 aromatic rings. The highest BCUT2D eigenvalue weighted by molar-refractivity contribution is 6.36. The minimum atomic E-state index is -1.66. The number of halogens is 2. The Kier molecular flexibility index (Phi) is 5.97. The molecule has 1 fully saturated rings. The van der Waals surface area contributed by atoms with E-state index in [0.29, 0.717) is 27.8 Å². The summed E-state index contributed by atoms with van der Waals surface area (Å²) in [5, 5.41) is 24.9. The zero-order valence-electron chi connectivity index (χ0n) is 21.5. The summed E-state index contributed by atoms with van der Waals surface area (Å²) in [6.45, 7) is 5.30. The molecule has 2 heterocycles. The predicted octanol–water partition coefficient (Wildman–Crippen LogP) is 6.01. The Labute approximate surface area is 219 Å². The Balaban J connectivity index is 1.64. The summed E-state index contributed by atoms with van der Waals surface area (Å²) in [7, 11) is 0. The zero-order chi connectivity index (χ0) is 27.2. The minimum Gasteiger partial charge on any atom is -0.373 e. The van der Waals surface area contributed by atoms with E-state index in [1.807, 2.05) is 0 Å². The van der Waals surface area contributed by atoms with E-state index < -0.39 is 17.3 Å². The average molecular weight is 519 g/mol. The van der Waals surface area contributed by atoms with Gasteiger partial charge in [0.15, 0.2) is 0 Å². The van der Waals surface area contributed by atoms with Gasteiger partial charge in [-0.05, 0) is 42.7 Å². The van der Waals surface area contributed by atoms with Gasteiger partial charge in [0.25, 0.3) is 0 Å². The molecule has 188 valence electrons. The number of nitrogens with zero attached hydrogens (tertiary/aromatic N) is 5. The van der Waals surface area contributed by atoms with Crippen LogP contribution in [0.15, 0.2) is 48.8 Å². The van der Waals surface area contributed by atoms with E-state index in [4.69, 9.17) is 11.6 Å². The highest BCUT2D eigenvalue weighted by Crippen LogP contribution is 2.37. The lowest BCUT2D eigenvalue weighted by atomic mass is 9.95. The maximum absolute atomic E-state index is 13.8. The van der Waals surface area contributed by atoms with Gasteiger partial charge in [-0.3, -0.25) is 9.78 Å². The summed E-state index contributed by atoms with van der Waals surface area (Å²) < 4.78 is 25.0. The first-order valence-corrected chi connectivity index (χ1v) is 12.2. The van der Waals surface area contributed by atoms with Gasteiger partial charge in [-0.1, -0.05) is 49.7 Å². The molecule has 37 heavy (non-hydrogen) atoms. The SMILES string of the molecule is [2H]C(Nc1cc(Cl)c2ncc(C#N)c(NC(=O)C(C)(C)C)c2c1)(c1ccc(F)cc1)c1cn(C2CC2)nn1. The van der Waals surface area contributed by atoms with Crippen LogP contribution in [0.3, 0.4) is 0 Å². The van der Waals surface area contributed by atoms with Crippen molar-refractivity contribution in [1.29, 1.82) is 5.26 Å². The van der Waals surface area contributed by atoms with Crippen molar-refractivity contribution in [3.8, 4) is 6.07 Å². The number of nitriles is 1. The molecule has 0 aliphatic heterocycles. The van der Waals surface area contributed by atoms with E-state index in [1.165, 1.54) is 30.5 Å². The van der Waals surface area contributed by atoms with E-state index in [9.17, 15) is 15.8 Å². The number of fused-ring (bicyclic) bond motifs is 1. The lowest BCUT2D eigenvalue weighted by Crippen LogP contribution is -2.28. The quantitative estimate of drug-likeness (QED) is 0.323. The number of carbonyl (C=O) groups excluding carboxylic acids is 1.